The Morgan fingerprint density at radius 3 is 2.14 bits per heavy atom. The summed E-state index contributed by atoms with van der Waals surface area (Å²) in [6.07, 6.45) is 20.4. The minimum Gasteiger partial charge on any atom is -0.300 e. The van der Waals surface area contributed by atoms with Gasteiger partial charge in [-0.05, 0) is 63.2 Å². The third-order valence-corrected chi connectivity index (χ3v) is 9.37. The van der Waals surface area contributed by atoms with Crippen molar-refractivity contribution in [2.24, 2.45) is 11.8 Å². The standard InChI is InChI=1S/C20H32OS/c21-18-7-4-10-20(15-18)14-13-19(22-20)11-8-17(9-12-19)16-5-2-1-3-6-16/h16-17H,1-15H2. The van der Waals surface area contributed by atoms with Crippen molar-refractivity contribution in [3.8, 4) is 0 Å². The highest BCUT2D eigenvalue weighted by Crippen LogP contribution is 2.61. The fourth-order valence-corrected chi connectivity index (χ4v) is 8.30. The van der Waals surface area contributed by atoms with Crippen LogP contribution in [-0.4, -0.2) is 15.3 Å². The third-order valence-electron chi connectivity index (χ3n) is 7.33. The Morgan fingerprint density at radius 1 is 0.727 bits per heavy atom. The van der Waals surface area contributed by atoms with Crippen molar-refractivity contribution in [3.63, 3.8) is 0 Å². The van der Waals surface area contributed by atoms with Gasteiger partial charge in [0, 0.05) is 22.3 Å². The molecule has 1 unspecified atom stereocenters. The molecule has 0 amide bonds. The predicted molar refractivity (Wildman–Crippen MR) is 94.3 cm³/mol. The van der Waals surface area contributed by atoms with Gasteiger partial charge in [-0.1, -0.05) is 32.1 Å². The van der Waals surface area contributed by atoms with E-state index in [-0.39, 0.29) is 0 Å². The Kier molecular flexibility index (Phi) is 4.34. The first-order chi connectivity index (χ1) is 10.7. The molecule has 1 atom stereocenters. The minimum atomic E-state index is 0.368. The van der Waals surface area contributed by atoms with Gasteiger partial charge in [-0.2, -0.15) is 0 Å². The zero-order valence-electron chi connectivity index (χ0n) is 14.1. The smallest absolute Gasteiger partial charge is 0.134 e. The van der Waals surface area contributed by atoms with Crippen LogP contribution in [0.1, 0.15) is 96.3 Å². The molecule has 0 N–H and O–H groups in total. The lowest BCUT2D eigenvalue weighted by Crippen LogP contribution is -2.34. The summed E-state index contributed by atoms with van der Waals surface area (Å²) in [7, 11) is 0. The van der Waals surface area contributed by atoms with Gasteiger partial charge in [-0.15, -0.1) is 11.8 Å². The van der Waals surface area contributed by atoms with E-state index in [0.29, 0.717) is 15.3 Å². The molecular weight excluding hydrogens is 288 g/mol. The van der Waals surface area contributed by atoms with Crippen LogP contribution in [0.4, 0.5) is 0 Å². The summed E-state index contributed by atoms with van der Waals surface area (Å²) in [5, 5.41) is 0. The maximum absolute atomic E-state index is 11.9. The van der Waals surface area contributed by atoms with Crippen molar-refractivity contribution in [2.75, 3.05) is 0 Å². The van der Waals surface area contributed by atoms with Gasteiger partial charge in [0.25, 0.3) is 0 Å². The van der Waals surface area contributed by atoms with E-state index in [1.54, 1.807) is 0 Å². The summed E-state index contributed by atoms with van der Waals surface area (Å²) in [5.74, 6) is 2.64. The summed E-state index contributed by atoms with van der Waals surface area (Å²) in [6, 6.07) is 0. The van der Waals surface area contributed by atoms with Crippen LogP contribution in [0.2, 0.25) is 0 Å². The quantitative estimate of drug-likeness (QED) is 0.598. The fourth-order valence-electron chi connectivity index (χ4n) is 6.06. The van der Waals surface area contributed by atoms with E-state index in [4.69, 9.17) is 0 Å². The van der Waals surface area contributed by atoms with Gasteiger partial charge in [-0.3, -0.25) is 4.79 Å². The first-order valence-electron chi connectivity index (χ1n) is 9.91. The highest BCUT2D eigenvalue weighted by Gasteiger charge is 2.51. The Labute approximate surface area is 140 Å². The first kappa shape index (κ1) is 15.5. The monoisotopic (exact) mass is 320 g/mol. The summed E-state index contributed by atoms with van der Waals surface area (Å²) < 4.78 is 0.940. The number of thioether (sulfide) groups is 1. The van der Waals surface area contributed by atoms with Crippen LogP contribution in [0.25, 0.3) is 0 Å². The second kappa shape index (κ2) is 6.15. The maximum Gasteiger partial charge on any atom is 0.134 e. The molecule has 3 saturated carbocycles. The zero-order valence-corrected chi connectivity index (χ0v) is 14.9. The lowest BCUT2D eigenvalue weighted by molar-refractivity contribution is -0.120. The molecule has 2 heteroatoms. The Hall–Kier alpha value is 0.0200. The van der Waals surface area contributed by atoms with Crippen molar-refractivity contribution in [1.82, 2.24) is 0 Å². The number of hydrogen-bond donors (Lipinski definition) is 0. The number of hydrogen-bond acceptors (Lipinski definition) is 2. The van der Waals surface area contributed by atoms with Crippen LogP contribution in [0, 0.1) is 11.8 Å². The molecule has 0 aromatic carbocycles. The molecule has 1 nitrogen and oxygen atoms in total. The lowest BCUT2D eigenvalue weighted by Gasteiger charge is -2.42. The molecule has 4 aliphatic rings. The molecule has 0 aromatic heterocycles. The Balaban J connectivity index is 1.36. The van der Waals surface area contributed by atoms with Crippen LogP contribution in [0.3, 0.4) is 0 Å². The van der Waals surface area contributed by atoms with Gasteiger partial charge in [0.2, 0.25) is 0 Å². The molecule has 0 aromatic rings. The molecule has 22 heavy (non-hydrogen) atoms. The van der Waals surface area contributed by atoms with Crippen LogP contribution in [-0.2, 0) is 4.79 Å². The average molecular weight is 321 g/mol. The van der Waals surface area contributed by atoms with Gasteiger partial charge in [-0.25, -0.2) is 0 Å². The summed E-state index contributed by atoms with van der Waals surface area (Å²) in [5.41, 5.74) is 0. The SMILES string of the molecule is O=C1CCCC2(CCC3(CCC(C4CCCCC4)CC3)S2)C1. The normalized spacial score (nSPS) is 44.0. The molecule has 4 fully saturated rings. The second-order valence-corrected chi connectivity index (χ2v) is 10.7. The number of carbonyl (C=O) groups is 1. The summed E-state index contributed by atoms with van der Waals surface area (Å²) >= 11 is 2.29. The van der Waals surface area contributed by atoms with E-state index in [2.05, 4.69) is 11.8 Å². The van der Waals surface area contributed by atoms with Gasteiger partial charge >= 0.3 is 0 Å². The van der Waals surface area contributed by atoms with Crippen LogP contribution in [0.5, 0.6) is 0 Å². The third kappa shape index (κ3) is 3.01. The molecule has 3 aliphatic carbocycles. The van der Waals surface area contributed by atoms with Crippen LogP contribution < -0.4 is 0 Å². The summed E-state index contributed by atoms with van der Waals surface area (Å²) in [6.45, 7) is 0. The van der Waals surface area contributed by atoms with Crippen molar-refractivity contribution < 1.29 is 4.79 Å². The van der Waals surface area contributed by atoms with E-state index in [0.717, 1.165) is 31.1 Å². The molecule has 4 rings (SSSR count). The fraction of sp³-hybridized carbons (Fsp3) is 0.950. The average Bonchev–Trinajstić information content (AvgIpc) is 2.86. The van der Waals surface area contributed by atoms with Crippen LogP contribution in [0.15, 0.2) is 0 Å². The molecule has 124 valence electrons. The highest BCUT2D eigenvalue weighted by molar-refractivity contribution is 8.02. The van der Waals surface area contributed by atoms with E-state index in [1.165, 1.54) is 77.0 Å². The second-order valence-electron chi connectivity index (χ2n) is 8.77. The molecule has 0 bridgehead atoms. The first-order valence-corrected chi connectivity index (χ1v) is 10.7. The van der Waals surface area contributed by atoms with Crippen molar-refractivity contribution in [3.05, 3.63) is 0 Å². The molecule has 0 radical (unpaired) electrons. The number of rotatable bonds is 1. The van der Waals surface area contributed by atoms with Gasteiger partial charge in [0.05, 0.1) is 0 Å². The number of ketones is 1. The number of Topliss-reactive ketones (excluding diaryl/α,β-unsaturated/α-hetero) is 1. The highest BCUT2D eigenvalue weighted by atomic mass is 32.2. The van der Waals surface area contributed by atoms with E-state index >= 15 is 0 Å². The van der Waals surface area contributed by atoms with Crippen molar-refractivity contribution in [2.45, 2.75) is 106 Å². The lowest BCUT2D eigenvalue weighted by atomic mass is 9.69. The van der Waals surface area contributed by atoms with Crippen molar-refractivity contribution >= 4 is 17.5 Å². The molecule has 1 aliphatic heterocycles. The van der Waals surface area contributed by atoms with Gasteiger partial charge in [0.15, 0.2) is 0 Å². The molecular formula is C20H32OS. The maximum atomic E-state index is 11.9. The van der Waals surface area contributed by atoms with E-state index in [9.17, 15) is 4.79 Å². The topological polar surface area (TPSA) is 17.1 Å². The number of carbonyl (C=O) groups excluding carboxylic acids is 1. The minimum absolute atomic E-state index is 0.368. The predicted octanol–water partition coefficient (Wildman–Crippen LogP) is 5.90. The van der Waals surface area contributed by atoms with Gasteiger partial charge < -0.3 is 0 Å². The van der Waals surface area contributed by atoms with E-state index < -0.39 is 0 Å². The van der Waals surface area contributed by atoms with Gasteiger partial charge in [0.1, 0.15) is 5.78 Å². The zero-order chi connectivity index (χ0) is 15.0. The largest absolute Gasteiger partial charge is 0.300 e. The molecule has 1 heterocycles. The Bertz CT molecular complexity index is 417. The van der Waals surface area contributed by atoms with Crippen LogP contribution >= 0.6 is 11.8 Å². The van der Waals surface area contributed by atoms with Crippen molar-refractivity contribution in [1.29, 1.82) is 0 Å². The molecule has 2 spiro atoms. The summed E-state index contributed by atoms with van der Waals surface area (Å²) in [4.78, 5) is 11.9. The van der Waals surface area contributed by atoms with E-state index in [1.807, 2.05) is 0 Å². The Morgan fingerprint density at radius 2 is 1.41 bits per heavy atom. The molecule has 1 saturated heterocycles.